The summed E-state index contributed by atoms with van der Waals surface area (Å²) in [7, 11) is 0. The number of rotatable bonds is 5. The van der Waals surface area contributed by atoms with Gasteiger partial charge in [0.05, 0.1) is 5.52 Å². The summed E-state index contributed by atoms with van der Waals surface area (Å²) in [6.45, 7) is 5.13. The van der Waals surface area contributed by atoms with Gasteiger partial charge in [0.2, 0.25) is 0 Å². The standard InChI is InChI=1S/C16H17N3S2/c1-11(2)18-10-13-9-12-5-3-4-6-14(12)19-15(13)21-16-17-7-8-20-16/h3-9,11,18H,10H2,1-2H3. The Labute approximate surface area is 132 Å². The van der Waals surface area contributed by atoms with Crippen LogP contribution >= 0.6 is 23.1 Å². The van der Waals surface area contributed by atoms with Gasteiger partial charge in [0, 0.05) is 29.5 Å². The van der Waals surface area contributed by atoms with Crippen molar-refractivity contribution in [2.24, 2.45) is 0 Å². The van der Waals surface area contributed by atoms with Gasteiger partial charge in [-0.2, -0.15) is 0 Å². The summed E-state index contributed by atoms with van der Waals surface area (Å²) in [5, 5.41) is 7.69. The minimum Gasteiger partial charge on any atom is -0.310 e. The van der Waals surface area contributed by atoms with Gasteiger partial charge in [0.1, 0.15) is 5.03 Å². The van der Waals surface area contributed by atoms with Crippen molar-refractivity contribution in [3.63, 3.8) is 0 Å². The van der Waals surface area contributed by atoms with Gasteiger partial charge in [-0.05, 0) is 29.5 Å². The van der Waals surface area contributed by atoms with Crippen LogP contribution in [0.15, 0.2) is 51.3 Å². The smallest absolute Gasteiger partial charge is 0.156 e. The summed E-state index contributed by atoms with van der Waals surface area (Å²) in [5.41, 5.74) is 2.26. The minimum absolute atomic E-state index is 0.453. The molecule has 3 aromatic rings. The zero-order valence-corrected chi connectivity index (χ0v) is 13.7. The highest BCUT2D eigenvalue weighted by molar-refractivity contribution is 8.01. The van der Waals surface area contributed by atoms with Crippen LogP contribution in [0.2, 0.25) is 0 Å². The Bertz CT molecular complexity index is 723. The van der Waals surface area contributed by atoms with E-state index >= 15 is 0 Å². The van der Waals surface area contributed by atoms with Crippen LogP contribution in [0.25, 0.3) is 10.9 Å². The minimum atomic E-state index is 0.453. The van der Waals surface area contributed by atoms with Crippen LogP contribution in [0.1, 0.15) is 19.4 Å². The molecule has 0 spiro atoms. The van der Waals surface area contributed by atoms with Gasteiger partial charge in [0.15, 0.2) is 4.34 Å². The summed E-state index contributed by atoms with van der Waals surface area (Å²) in [6.07, 6.45) is 1.83. The number of benzene rings is 1. The fourth-order valence-electron chi connectivity index (χ4n) is 2.01. The van der Waals surface area contributed by atoms with Gasteiger partial charge in [0.25, 0.3) is 0 Å². The lowest BCUT2D eigenvalue weighted by Gasteiger charge is -2.12. The molecule has 0 atom stereocenters. The molecule has 0 saturated heterocycles. The SMILES string of the molecule is CC(C)NCc1cc2ccccc2nc1Sc1nccs1. The van der Waals surface area contributed by atoms with E-state index in [0.29, 0.717) is 6.04 Å². The van der Waals surface area contributed by atoms with E-state index in [-0.39, 0.29) is 0 Å². The monoisotopic (exact) mass is 315 g/mol. The predicted molar refractivity (Wildman–Crippen MR) is 90.0 cm³/mol. The molecule has 3 nitrogen and oxygen atoms in total. The summed E-state index contributed by atoms with van der Waals surface area (Å²) in [5.74, 6) is 0. The summed E-state index contributed by atoms with van der Waals surface area (Å²) < 4.78 is 1.03. The Hall–Kier alpha value is -1.43. The molecule has 3 rings (SSSR count). The molecule has 0 aliphatic carbocycles. The highest BCUT2D eigenvalue weighted by Gasteiger charge is 2.10. The molecule has 0 fully saturated rings. The predicted octanol–water partition coefficient (Wildman–Crippen LogP) is 4.34. The molecule has 5 heteroatoms. The normalized spacial score (nSPS) is 11.4. The Kier molecular flexibility index (Phi) is 4.53. The maximum Gasteiger partial charge on any atom is 0.156 e. The van der Waals surface area contributed by atoms with Crippen LogP contribution < -0.4 is 5.32 Å². The van der Waals surface area contributed by atoms with Crippen molar-refractivity contribution in [3.05, 3.63) is 47.5 Å². The zero-order chi connectivity index (χ0) is 14.7. The van der Waals surface area contributed by atoms with Crippen LogP contribution in [0.5, 0.6) is 0 Å². The third-order valence-corrected chi connectivity index (χ3v) is 4.99. The average Bonchev–Trinajstić information content (AvgIpc) is 2.98. The number of para-hydroxylation sites is 1. The number of nitrogens with one attached hydrogen (secondary N) is 1. The van der Waals surface area contributed by atoms with Crippen molar-refractivity contribution < 1.29 is 0 Å². The van der Waals surface area contributed by atoms with Crippen LogP contribution in [0, 0.1) is 0 Å². The lowest BCUT2D eigenvalue weighted by atomic mass is 10.1. The number of fused-ring (bicyclic) bond motifs is 1. The number of hydrogen-bond donors (Lipinski definition) is 1. The van der Waals surface area contributed by atoms with Crippen molar-refractivity contribution >= 4 is 34.0 Å². The van der Waals surface area contributed by atoms with Crippen molar-refractivity contribution in [3.8, 4) is 0 Å². The van der Waals surface area contributed by atoms with E-state index in [1.807, 2.05) is 17.6 Å². The van der Waals surface area contributed by atoms with E-state index < -0.39 is 0 Å². The Balaban J connectivity index is 1.99. The largest absolute Gasteiger partial charge is 0.310 e. The van der Waals surface area contributed by atoms with Gasteiger partial charge in [-0.25, -0.2) is 9.97 Å². The second kappa shape index (κ2) is 6.56. The Morgan fingerprint density at radius 1 is 1.29 bits per heavy atom. The molecule has 0 aliphatic heterocycles. The van der Waals surface area contributed by atoms with E-state index in [4.69, 9.17) is 4.98 Å². The van der Waals surface area contributed by atoms with E-state index in [1.165, 1.54) is 10.9 Å². The first-order valence-electron chi connectivity index (χ1n) is 6.92. The van der Waals surface area contributed by atoms with Crippen LogP contribution in [-0.2, 0) is 6.54 Å². The van der Waals surface area contributed by atoms with Crippen molar-refractivity contribution in [2.75, 3.05) is 0 Å². The van der Waals surface area contributed by atoms with E-state index in [2.05, 4.69) is 48.4 Å². The van der Waals surface area contributed by atoms with E-state index in [1.54, 1.807) is 23.1 Å². The second-order valence-electron chi connectivity index (χ2n) is 5.08. The molecule has 0 aliphatic rings. The number of pyridine rings is 1. The number of aromatic nitrogens is 2. The van der Waals surface area contributed by atoms with Crippen LogP contribution in [-0.4, -0.2) is 16.0 Å². The number of thiazole rings is 1. The molecule has 1 aromatic carbocycles. The van der Waals surface area contributed by atoms with Gasteiger partial charge in [-0.15, -0.1) is 11.3 Å². The van der Waals surface area contributed by atoms with Crippen molar-refractivity contribution in [1.29, 1.82) is 0 Å². The zero-order valence-electron chi connectivity index (χ0n) is 12.0. The second-order valence-corrected chi connectivity index (χ2v) is 7.21. The molecule has 0 radical (unpaired) electrons. The highest BCUT2D eigenvalue weighted by atomic mass is 32.2. The first kappa shape index (κ1) is 14.5. The first-order valence-corrected chi connectivity index (χ1v) is 8.61. The third-order valence-electron chi connectivity index (χ3n) is 3.06. The molecule has 2 heterocycles. The summed E-state index contributed by atoms with van der Waals surface area (Å²) >= 11 is 3.29. The molecule has 0 unspecified atom stereocenters. The molecule has 0 amide bonds. The third kappa shape index (κ3) is 3.61. The van der Waals surface area contributed by atoms with Gasteiger partial charge >= 0.3 is 0 Å². The van der Waals surface area contributed by atoms with Gasteiger partial charge in [-0.3, -0.25) is 0 Å². The summed E-state index contributed by atoms with van der Waals surface area (Å²) in [6, 6.07) is 10.9. The quantitative estimate of drug-likeness (QED) is 0.760. The average molecular weight is 315 g/mol. The Morgan fingerprint density at radius 2 is 2.14 bits per heavy atom. The number of hydrogen-bond acceptors (Lipinski definition) is 5. The van der Waals surface area contributed by atoms with E-state index in [9.17, 15) is 0 Å². The maximum absolute atomic E-state index is 4.82. The molecular formula is C16H17N3S2. The fraction of sp³-hybridized carbons (Fsp3) is 0.250. The molecule has 108 valence electrons. The molecule has 2 aromatic heterocycles. The molecule has 0 bridgehead atoms. The van der Waals surface area contributed by atoms with Gasteiger partial charge in [-0.1, -0.05) is 32.0 Å². The van der Waals surface area contributed by atoms with Crippen molar-refractivity contribution in [2.45, 2.75) is 35.8 Å². The van der Waals surface area contributed by atoms with Gasteiger partial charge < -0.3 is 5.32 Å². The van der Waals surface area contributed by atoms with Crippen LogP contribution in [0.3, 0.4) is 0 Å². The van der Waals surface area contributed by atoms with E-state index in [0.717, 1.165) is 21.4 Å². The molecule has 1 N–H and O–H groups in total. The highest BCUT2D eigenvalue weighted by Crippen LogP contribution is 2.32. The van der Waals surface area contributed by atoms with Crippen molar-refractivity contribution in [1.82, 2.24) is 15.3 Å². The first-order chi connectivity index (χ1) is 10.2. The Morgan fingerprint density at radius 3 is 2.90 bits per heavy atom. The lowest BCUT2D eigenvalue weighted by Crippen LogP contribution is -2.22. The molecule has 21 heavy (non-hydrogen) atoms. The lowest BCUT2D eigenvalue weighted by molar-refractivity contribution is 0.583. The summed E-state index contributed by atoms with van der Waals surface area (Å²) in [4.78, 5) is 9.17. The maximum atomic E-state index is 4.82. The molecule has 0 saturated carbocycles. The number of nitrogens with zero attached hydrogens (tertiary/aromatic N) is 2. The fourth-order valence-corrected chi connectivity index (χ4v) is 3.66. The molecular weight excluding hydrogens is 298 g/mol. The topological polar surface area (TPSA) is 37.8 Å². The van der Waals surface area contributed by atoms with Crippen LogP contribution in [0.4, 0.5) is 0 Å².